The number of alkyl halides is 3. The second-order valence-electron chi connectivity index (χ2n) is 9.36. The molecule has 0 bridgehead atoms. The number of nitrogens with zero attached hydrogens (tertiary/aromatic N) is 4. The monoisotopic (exact) mass is 461 g/mol. The van der Waals surface area contributed by atoms with E-state index in [2.05, 4.69) is 23.7 Å². The summed E-state index contributed by atoms with van der Waals surface area (Å²) in [7, 11) is 0. The summed E-state index contributed by atoms with van der Waals surface area (Å²) in [5, 5.41) is 4.72. The number of ether oxygens (including phenoxy) is 1. The Balaban J connectivity index is 1.44. The summed E-state index contributed by atoms with van der Waals surface area (Å²) in [6.45, 7) is 7.89. The van der Waals surface area contributed by atoms with Gasteiger partial charge in [0.1, 0.15) is 5.82 Å². The molecular weight excluding hydrogens is 431 g/mol. The van der Waals surface area contributed by atoms with Crippen LogP contribution in [0.4, 0.5) is 19.0 Å². The van der Waals surface area contributed by atoms with Crippen LogP contribution in [0.3, 0.4) is 0 Å². The Morgan fingerprint density at radius 1 is 1.24 bits per heavy atom. The van der Waals surface area contributed by atoms with Crippen molar-refractivity contribution in [1.29, 1.82) is 0 Å². The van der Waals surface area contributed by atoms with Crippen molar-refractivity contribution in [2.24, 2.45) is 5.92 Å². The molecule has 2 aromatic heterocycles. The van der Waals surface area contributed by atoms with Crippen LogP contribution in [0.2, 0.25) is 0 Å². The first-order valence-electron chi connectivity index (χ1n) is 11.8. The van der Waals surface area contributed by atoms with Gasteiger partial charge in [-0.2, -0.15) is 18.3 Å². The highest BCUT2D eigenvalue weighted by molar-refractivity contribution is 5.87. The molecule has 6 nitrogen and oxygen atoms in total. The Bertz CT molecular complexity index is 1070. The molecule has 9 heteroatoms. The van der Waals surface area contributed by atoms with Crippen LogP contribution >= 0.6 is 0 Å². The standard InChI is InChI=1S/C24H30F3N5O/c1-3-14(2)32-21(12-20(30-32)15-9-19(24(25,26)27)23(28)29-13-15)22-17-10-16(11-18(17)22)31-5-4-7-33-8-6-31/h9,12-14,16-17H,3-8,10-11H2,1-2H3,(H2,28,29). The van der Waals surface area contributed by atoms with Crippen molar-refractivity contribution in [3.63, 3.8) is 0 Å². The lowest BCUT2D eigenvalue weighted by atomic mass is 10.1. The van der Waals surface area contributed by atoms with E-state index in [1.807, 2.05) is 10.7 Å². The van der Waals surface area contributed by atoms with Gasteiger partial charge in [-0.25, -0.2) is 4.98 Å². The molecule has 3 aliphatic rings. The maximum Gasteiger partial charge on any atom is 0.419 e. The van der Waals surface area contributed by atoms with Crippen LogP contribution in [0.15, 0.2) is 23.9 Å². The average Bonchev–Trinajstić information content (AvgIpc) is 3.12. The van der Waals surface area contributed by atoms with Gasteiger partial charge >= 0.3 is 6.18 Å². The lowest BCUT2D eigenvalue weighted by Gasteiger charge is -2.27. The number of rotatable bonds is 5. The van der Waals surface area contributed by atoms with Crippen LogP contribution in [0.1, 0.15) is 56.8 Å². The fourth-order valence-corrected chi connectivity index (χ4v) is 5.28. The molecule has 3 heterocycles. The summed E-state index contributed by atoms with van der Waals surface area (Å²) in [5.41, 5.74) is 9.24. The Morgan fingerprint density at radius 3 is 2.76 bits per heavy atom. The maximum absolute atomic E-state index is 13.4. The van der Waals surface area contributed by atoms with E-state index in [0.717, 1.165) is 63.7 Å². The zero-order valence-electron chi connectivity index (χ0n) is 19.0. The van der Waals surface area contributed by atoms with Crippen LogP contribution < -0.4 is 5.73 Å². The maximum atomic E-state index is 13.4. The topological polar surface area (TPSA) is 69.2 Å². The Hall–Kier alpha value is -2.39. The van der Waals surface area contributed by atoms with Gasteiger partial charge in [0.05, 0.1) is 23.6 Å². The van der Waals surface area contributed by atoms with E-state index < -0.39 is 17.6 Å². The molecule has 1 saturated carbocycles. The zero-order chi connectivity index (χ0) is 23.3. The molecular formula is C24H30F3N5O. The third-order valence-electron chi connectivity index (χ3n) is 7.31. The molecule has 2 fully saturated rings. The van der Waals surface area contributed by atoms with Crippen LogP contribution in [0.25, 0.3) is 16.8 Å². The van der Waals surface area contributed by atoms with Crippen LogP contribution in [-0.4, -0.2) is 52.0 Å². The van der Waals surface area contributed by atoms with Gasteiger partial charge in [0, 0.05) is 49.5 Å². The summed E-state index contributed by atoms with van der Waals surface area (Å²) >= 11 is 0. The van der Waals surface area contributed by atoms with Gasteiger partial charge in [-0.15, -0.1) is 0 Å². The highest BCUT2D eigenvalue weighted by atomic mass is 19.4. The summed E-state index contributed by atoms with van der Waals surface area (Å²) in [5.74, 6) is -0.0544. The van der Waals surface area contributed by atoms with Gasteiger partial charge in [-0.3, -0.25) is 9.58 Å². The number of nitrogens with two attached hydrogens (primary N) is 1. The minimum atomic E-state index is -4.55. The molecule has 0 spiro atoms. The lowest BCUT2D eigenvalue weighted by molar-refractivity contribution is -0.137. The van der Waals surface area contributed by atoms with Gasteiger partial charge in [-0.1, -0.05) is 12.5 Å². The van der Waals surface area contributed by atoms with Crippen LogP contribution in [-0.2, 0) is 10.9 Å². The smallest absolute Gasteiger partial charge is 0.383 e. The molecule has 1 saturated heterocycles. The van der Waals surface area contributed by atoms with Crippen molar-refractivity contribution in [3.8, 4) is 11.3 Å². The van der Waals surface area contributed by atoms with E-state index >= 15 is 0 Å². The van der Waals surface area contributed by atoms with E-state index in [4.69, 9.17) is 15.6 Å². The second-order valence-corrected chi connectivity index (χ2v) is 9.36. The third-order valence-corrected chi connectivity index (χ3v) is 7.31. The molecule has 0 radical (unpaired) electrons. The minimum absolute atomic E-state index is 0.144. The highest BCUT2D eigenvalue weighted by Gasteiger charge is 2.48. The quantitative estimate of drug-likeness (QED) is 0.694. The number of nitrogen functional groups attached to an aromatic ring is 1. The largest absolute Gasteiger partial charge is 0.419 e. The van der Waals surface area contributed by atoms with Gasteiger partial charge in [0.15, 0.2) is 0 Å². The molecule has 0 amide bonds. The molecule has 5 rings (SSSR count). The van der Waals surface area contributed by atoms with Crippen molar-refractivity contribution in [3.05, 3.63) is 35.2 Å². The summed E-state index contributed by atoms with van der Waals surface area (Å²) in [4.78, 5) is 6.35. The first-order valence-corrected chi connectivity index (χ1v) is 11.8. The summed E-state index contributed by atoms with van der Waals surface area (Å²) in [6.07, 6.45) is 0.940. The minimum Gasteiger partial charge on any atom is -0.383 e. The Labute approximate surface area is 191 Å². The van der Waals surface area contributed by atoms with E-state index in [1.165, 1.54) is 17.3 Å². The molecule has 2 aliphatic carbocycles. The van der Waals surface area contributed by atoms with E-state index in [-0.39, 0.29) is 6.04 Å². The predicted octanol–water partition coefficient (Wildman–Crippen LogP) is 4.79. The third kappa shape index (κ3) is 4.17. The molecule has 1 aliphatic heterocycles. The predicted molar refractivity (Wildman–Crippen MR) is 120 cm³/mol. The van der Waals surface area contributed by atoms with Gasteiger partial charge in [0.25, 0.3) is 0 Å². The lowest BCUT2D eigenvalue weighted by Crippen LogP contribution is -2.36. The van der Waals surface area contributed by atoms with Gasteiger partial charge in [0.2, 0.25) is 0 Å². The van der Waals surface area contributed by atoms with Crippen molar-refractivity contribution in [2.45, 2.75) is 57.8 Å². The Morgan fingerprint density at radius 2 is 2.06 bits per heavy atom. The van der Waals surface area contributed by atoms with E-state index in [9.17, 15) is 13.2 Å². The molecule has 2 aromatic rings. The number of pyridine rings is 1. The SMILES string of the molecule is CCC(C)n1nc(-c2cnc(N)c(C(F)(F)F)c2)cc1C1=C2CC(N3CCCOCC3)CC21. The first kappa shape index (κ1) is 22.4. The molecule has 0 aromatic carbocycles. The normalized spacial score (nSPS) is 24.6. The zero-order valence-corrected chi connectivity index (χ0v) is 19.0. The summed E-state index contributed by atoms with van der Waals surface area (Å²) < 4.78 is 47.7. The molecule has 3 atom stereocenters. The van der Waals surface area contributed by atoms with Crippen molar-refractivity contribution in [1.82, 2.24) is 19.7 Å². The molecule has 2 N–H and O–H groups in total. The average molecular weight is 462 g/mol. The number of anilines is 1. The van der Waals surface area contributed by atoms with Crippen LogP contribution in [0.5, 0.6) is 0 Å². The van der Waals surface area contributed by atoms with Crippen molar-refractivity contribution in [2.75, 3.05) is 32.0 Å². The Kier molecular flexibility index (Phi) is 5.73. The fourth-order valence-electron chi connectivity index (χ4n) is 5.28. The molecule has 178 valence electrons. The van der Waals surface area contributed by atoms with Gasteiger partial charge in [-0.05, 0) is 50.3 Å². The number of allylic oxidation sites excluding steroid dienone is 1. The highest BCUT2D eigenvalue weighted by Crippen LogP contribution is 2.58. The number of fused-ring (bicyclic) bond motifs is 1. The first-order chi connectivity index (χ1) is 15.8. The number of hydrogen-bond donors (Lipinski definition) is 1. The number of halogens is 3. The van der Waals surface area contributed by atoms with E-state index in [1.54, 1.807) is 0 Å². The van der Waals surface area contributed by atoms with Crippen LogP contribution in [0, 0.1) is 5.92 Å². The fraction of sp³-hybridized carbons (Fsp3) is 0.583. The molecule has 33 heavy (non-hydrogen) atoms. The summed E-state index contributed by atoms with van der Waals surface area (Å²) in [6, 6.07) is 3.68. The number of hydrogen-bond acceptors (Lipinski definition) is 5. The van der Waals surface area contributed by atoms with Gasteiger partial charge < -0.3 is 10.5 Å². The van der Waals surface area contributed by atoms with Crippen molar-refractivity contribution >= 4 is 11.4 Å². The number of aromatic nitrogens is 3. The second kappa shape index (κ2) is 8.43. The van der Waals surface area contributed by atoms with E-state index in [0.29, 0.717) is 23.2 Å². The van der Waals surface area contributed by atoms with Crippen molar-refractivity contribution < 1.29 is 17.9 Å². The molecule has 3 unspecified atom stereocenters.